The molecule has 2 N–H and O–H groups in total. The molecule has 1 atom stereocenters. The molecule has 1 aromatic heterocycles. The lowest BCUT2D eigenvalue weighted by Gasteiger charge is -2.23. The molecule has 0 aromatic carbocycles. The topological polar surface area (TPSA) is 71.1 Å². The predicted molar refractivity (Wildman–Crippen MR) is 65.0 cm³/mol. The maximum absolute atomic E-state index is 12.9. The van der Waals surface area contributed by atoms with Gasteiger partial charge in [0, 0.05) is 18.8 Å². The van der Waals surface area contributed by atoms with Gasteiger partial charge in [-0.15, -0.1) is 0 Å². The van der Waals surface area contributed by atoms with Crippen molar-refractivity contribution in [2.24, 2.45) is 0 Å². The minimum atomic E-state index is -3.67. The van der Waals surface area contributed by atoms with Crippen molar-refractivity contribution < 1.29 is 12.8 Å². The molecule has 100 valence electrons. The van der Waals surface area contributed by atoms with E-state index in [1.807, 2.05) is 0 Å². The quantitative estimate of drug-likeness (QED) is 0.844. The number of sulfonamides is 1. The highest BCUT2D eigenvalue weighted by molar-refractivity contribution is 7.89. The van der Waals surface area contributed by atoms with E-state index in [9.17, 15) is 12.8 Å². The summed E-state index contributed by atoms with van der Waals surface area (Å²) in [5.74, 6) is -0.659. The number of halogens is 1. The third kappa shape index (κ3) is 3.47. The molecule has 18 heavy (non-hydrogen) atoms. The van der Waals surface area contributed by atoms with Gasteiger partial charge in [-0.1, -0.05) is 6.42 Å². The summed E-state index contributed by atoms with van der Waals surface area (Å²) < 4.78 is 39.2. The Balaban J connectivity index is 1.98. The first kappa shape index (κ1) is 13.4. The van der Waals surface area contributed by atoms with Gasteiger partial charge in [-0.3, -0.25) is 4.98 Å². The molecular formula is C11H16FN3O2S. The van der Waals surface area contributed by atoms with Gasteiger partial charge in [0.15, 0.2) is 0 Å². The lowest BCUT2D eigenvalue weighted by atomic mass is 10.1. The Morgan fingerprint density at radius 1 is 1.44 bits per heavy atom. The maximum Gasteiger partial charge on any atom is 0.242 e. The van der Waals surface area contributed by atoms with Gasteiger partial charge in [0.1, 0.15) is 10.7 Å². The van der Waals surface area contributed by atoms with Crippen molar-refractivity contribution >= 4 is 10.0 Å². The first-order valence-electron chi connectivity index (χ1n) is 5.91. The summed E-state index contributed by atoms with van der Waals surface area (Å²) in [6.07, 6.45) is 5.28. The van der Waals surface area contributed by atoms with Gasteiger partial charge in [-0.25, -0.2) is 17.5 Å². The molecule has 0 aliphatic carbocycles. The first-order chi connectivity index (χ1) is 8.58. The average Bonchev–Trinajstić information content (AvgIpc) is 2.38. The molecule has 0 saturated carbocycles. The fourth-order valence-corrected chi connectivity index (χ4v) is 2.99. The lowest BCUT2D eigenvalue weighted by Crippen LogP contribution is -2.43. The summed E-state index contributed by atoms with van der Waals surface area (Å²) in [4.78, 5) is 3.40. The van der Waals surface area contributed by atoms with Crippen molar-refractivity contribution in [1.29, 1.82) is 0 Å². The molecule has 5 nitrogen and oxygen atoms in total. The number of hydrogen-bond acceptors (Lipinski definition) is 4. The van der Waals surface area contributed by atoms with Gasteiger partial charge in [0.25, 0.3) is 0 Å². The highest BCUT2D eigenvalue weighted by Crippen LogP contribution is 2.10. The monoisotopic (exact) mass is 273 g/mol. The van der Waals surface area contributed by atoms with Crippen LogP contribution in [0.3, 0.4) is 0 Å². The third-order valence-electron chi connectivity index (χ3n) is 2.92. The lowest BCUT2D eigenvalue weighted by molar-refractivity contribution is 0.398. The van der Waals surface area contributed by atoms with Crippen LogP contribution in [0.25, 0.3) is 0 Å². The van der Waals surface area contributed by atoms with E-state index in [2.05, 4.69) is 15.0 Å². The number of aromatic nitrogens is 1. The molecule has 1 fully saturated rings. The Morgan fingerprint density at radius 3 is 2.94 bits per heavy atom. The zero-order chi connectivity index (χ0) is 13.0. The van der Waals surface area contributed by atoms with Crippen LogP contribution in [0.4, 0.5) is 4.39 Å². The van der Waals surface area contributed by atoms with E-state index < -0.39 is 15.8 Å². The summed E-state index contributed by atoms with van der Waals surface area (Å²) in [6.45, 7) is 1.23. The van der Waals surface area contributed by atoms with Crippen molar-refractivity contribution in [3.63, 3.8) is 0 Å². The van der Waals surface area contributed by atoms with Gasteiger partial charge in [-0.05, 0) is 25.5 Å². The molecular weight excluding hydrogens is 257 g/mol. The Kier molecular flexibility index (Phi) is 4.26. The molecule has 1 aromatic rings. The molecule has 2 heterocycles. The normalized spacial score (nSPS) is 20.8. The molecule has 1 aliphatic rings. The van der Waals surface area contributed by atoms with E-state index in [-0.39, 0.29) is 10.9 Å². The average molecular weight is 273 g/mol. The van der Waals surface area contributed by atoms with Gasteiger partial charge in [0.2, 0.25) is 10.0 Å². The van der Waals surface area contributed by atoms with Crippen molar-refractivity contribution in [1.82, 2.24) is 15.0 Å². The first-order valence-corrected chi connectivity index (χ1v) is 7.40. The van der Waals surface area contributed by atoms with E-state index in [0.29, 0.717) is 6.54 Å². The van der Waals surface area contributed by atoms with Gasteiger partial charge in [0.05, 0.1) is 6.20 Å². The Bertz CT molecular complexity index is 501. The number of rotatable bonds is 4. The van der Waals surface area contributed by atoms with Gasteiger partial charge < -0.3 is 5.32 Å². The molecule has 0 radical (unpaired) electrons. The number of nitrogens with zero attached hydrogens (tertiary/aromatic N) is 1. The van der Waals surface area contributed by atoms with Crippen molar-refractivity contribution in [2.75, 3.05) is 13.1 Å². The Morgan fingerprint density at radius 2 is 2.28 bits per heavy atom. The zero-order valence-electron chi connectivity index (χ0n) is 9.89. The molecule has 7 heteroatoms. The highest BCUT2D eigenvalue weighted by Gasteiger charge is 2.19. The van der Waals surface area contributed by atoms with Crippen LogP contribution < -0.4 is 10.0 Å². The zero-order valence-corrected chi connectivity index (χ0v) is 10.7. The van der Waals surface area contributed by atoms with Crippen molar-refractivity contribution in [2.45, 2.75) is 30.2 Å². The number of piperidine rings is 1. The smallest absolute Gasteiger partial charge is 0.242 e. The summed E-state index contributed by atoms with van der Waals surface area (Å²) in [7, 11) is -3.67. The second-order valence-corrected chi connectivity index (χ2v) is 6.10. The summed E-state index contributed by atoms with van der Waals surface area (Å²) >= 11 is 0. The fourth-order valence-electron chi connectivity index (χ4n) is 1.93. The van der Waals surface area contributed by atoms with Crippen LogP contribution >= 0.6 is 0 Å². The van der Waals surface area contributed by atoms with Crippen LogP contribution in [-0.4, -0.2) is 32.5 Å². The van der Waals surface area contributed by atoms with Crippen LogP contribution in [0.2, 0.25) is 0 Å². The summed E-state index contributed by atoms with van der Waals surface area (Å²) in [6, 6.07) is 1.11. The minimum absolute atomic E-state index is 0.140. The van der Waals surface area contributed by atoms with E-state index in [1.54, 1.807) is 0 Å². The number of hydrogen-bond donors (Lipinski definition) is 2. The summed E-state index contributed by atoms with van der Waals surface area (Å²) in [5.41, 5.74) is 0. The Labute approximate surface area is 106 Å². The van der Waals surface area contributed by atoms with Crippen molar-refractivity contribution in [3.8, 4) is 0 Å². The molecule has 0 spiro atoms. The maximum atomic E-state index is 12.9. The van der Waals surface area contributed by atoms with Crippen LogP contribution in [-0.2, 0) is 10.0 Å². The van der Waals surface area contributed by atoms with Crippen LogP contribution in [0, 0.1) is 5.82 Å². The molecule has 1 saturated heterocycles. The SMILES string of the molecule is O=S(=O)(NCC1CCCCN1)c1cncc(F)c1. The largest absolute Gasteiger partial charge is 0.313 e. The van der Waals surface area contributed by atoms with Gasteiger partial charge >= 0.3 is 0 Å². The van der Waals surface area contributed by atoms with E-state index in [4.69, 9.17) is 0 Å². The number of pyridine rings is 1. The van der Waals surface area contributed by atoms with E-state index >= 15 is 0 Å². The molecule has 0 bridgehead atoms. The molecule has 0 amide bonds. The van der Waals surface area contributed by atoms with Gasteiger partial charge in [-0.2, -0.15) is 0 Å². The van der Waals surface area contributed by atoms with E-state index in [0.717, 1.165) is 44.3 Å². The predicted octanol–water partition coefficient (Wildman–Crippen LogP) is 0.641. The van der Waals surface area contributed by atoms with E-state index in [1.165, 1.54) is 0 Å². The minimum Gasteiger partial charge on any atom is -0.313 e. The highest BCUT2D eigenvalue weighted by atomic mass is 32.2. The fraction of sp³-hybridized carbons (Fsp3) is 0.545. The Hall–Kier alpha value is -1.05. The second-order valence-electron chi connectivity index (χ2n) is 4.34. The number of nitrogens with one attached hydrogen (secondary N) is 2. The molecule has 1 aliphatic heterocycles. The van der Waals surface area contributed by atoms with Crippen LogP contribution in [0.15, 0.2) is 23.4 Å². The third-order valence-corrected chi connectivity index (χ3v) is 4.31. The standard InChI is InChI=1S/C11H16FN3O2S/c12-9-5-11(8-13-6-9)18(16,17)15-7-10-3-1-2-4-14-10/h5-6,8,10,14-15H,1-4,7H2. The molecule has 2 rings (SSSR count). The summed E-state index contributed by atoms with van der Waals surface area (Å²) in [5, 5.41) is 3.24. The molecule has 1 unspecified atom stereocenters. The van der Waals surface area contributed by atoms with Crippen LogP contribution in [0.1, 0.15) is 19.3 Å². The second kappa shape index (κ2) is 5.73. The van der Waals surface area contributed by atoms with Crippen LogP contribution in [0.5, 0.6) is 0 Å². The van der Waals surface area contributed by atoms with Crippen molar-refractivity contribution in [3.05, 3.63) is 24.3 Å².